The Bertz CT molecular complexity index is 1100. The summed E-state index contributed by atoms with van der Waals surface area (Å²) in [6, 6.07) is 10.1. The fourth-order valence-electron chi connectivity index (χ4n) is 3.59. The number of halogens is 1. The molecular weight excluding hydrogens is 355 g/mol. The number of rotatable bonds is 3. The molecule has 5 rings (SSSR count). The molecule has 28 heavy (non-hydrogen) atoms. The van der Waals surface area contributed by atoms with Crippen molar-refractivity contribution in [2.24, 2.45) is 0 Å². The number of H-pyrrole nitrogens is 1. The maximum Gasteiger partial charge on any atom is 0.184 e. The standard InChI is InChI=1S/C21H19FN6/c22-16-6-4-14(5-7-16)19-26-20-17(21(27-19)28-12-2-1-3-13-28)24-18(25-20)15-8-10-23-11-9-15/h4-11H,1-3,12-13H2,(H,24,25,26,27). The van der Waals surface area contributed by atoms with E-state index in [1.807, 2.05) is 12.1 Å². The number of hydrogen-bond donors (Lipinski definition) is 1. The highest BCUT2D eigenvalue weighted by Crippen LogP contribution is 2.30. The minimum absolute atomic E-state index is 0.277. The van der Waals surface area contributed by atoms with Gasteiger partial charge in [0.2, 0.25) is 0 Å². The minimum atomic E-state index is -0.277. The first-order valence-corrected chi connectivity index (χ1v) is 9.47. The van der Waals surface area contributed by atoms with Crippen molar-refractivity contribution in [1.82, 2.24) is 24.9 Å². The van der Waals surface area contributed by atoms with E-state index >= 15 is 0 Å². The first kappa shape index (κ1) is 16.8. The van der Waals surface area contributed by atoms with Crippen molar-refractivity contribution in [1.29, 1.82) is 0 Å². The number of nitrogens with one attached hydrogen (secondary N) is 1. The largest absolute Gasteiger partial charge is 0.355 e. The van der Waals surface area contributed by atoms with Gasteiger partial charge in [0, 0.05) is 36.6 Å². The average Bonchev–Trinajstić information content (AvgIpc) is 3.19. The zero-order valence-electron chi connectivity index (χ0n) is 15.3. The average molecular weight is 374 g/mol. The summed E-state index contributed by atoms with van der Waals surface area (Å²) < 4.78 is 13.3. The van der Waals surface area contributed by atoms with E-state index in [9.17, 15) is 4.39 Å². The smallest absolute Gasteiger partial charge is 0.184 e. The summed E-state index contributed by atoms with van der Waals surface area (Å²) in [6.07, 6.45) is 7.00. The summed E-state index contributed by atoms with van der Waals surface area (Å²) in [7, 11) is 0. The maximum absolute atomic E-state index is 13.3. The van der Waals surface area contributed by atoms with Crippen LogP contribution in [0.1, 0.15) is 19.3 Å². The van der Waals surface area contributed by atoms with Gasteiger partial charge < -0.3 is 9.88 Å². The summed E-state index contributed by atoms with van der Waals surface area (Å²) in [5.41, 5.74) is 3.16. The number of fused-ring (bicyclic) bond motifs is 1. The van der Waals surface area contributed by atoms with Crippen molar-refractivity contribution in [3.8, 4) is 22.8 Å². The van der Waals surface area contributed by atoms with E-state index in [1.165, 1.54) is 18.6 Å². The highest BCUT2D eigenvalue weighted by atomic mass is 19.1. The van der Waals surface area contributed by atoms with Crippen LogP contribution in [0.3, 0.4) is 0 Å². The fraction of sp³-hybridized carbons (Fsp3) is 0.238. The first-order valence-electron chi connectivity index (χ1n) is 9.47. The molecule has 1 N–H and O–H groups in total. The molecule has 140 valence electrons. The summed E-state index contributed by atoms with van der Waals surface area (Å²) >= 11 is 0. The monoisotopic (exact) mass is 374 g/mol. The lowest BCUT2D eigenvalue weighted by atomic mass is 10.1. The van der Waals surface area contributed by atoms with Gasteiger partial charge in [-0.3, -0.25) is 4.98 Å². The molecule has 1 aromatic carbocycles. The Labute approximate surface area is 161 Å². The second kappa shape index (κ2) is 6.99. The van der Waals surface area contributed by atoms with Crippen LogP contribution in [-0.2, 0) is 0 Å². The Balaban J connectivity index is 1.68. The zero-order valence-corrected chi connectivity index (χ0v) is 15.3. The number of aromatic amines is 1. The van der Waals surface area contributed by atoms with Gasteiger partial charge in [-0.2, -0.15) is 0 Å². The number of nitrogens with zero attached hydrogens (tertiary/aromatic N) is 5. The van der Waals surface area contributed by atoms with Gasteiger partial charge in [0.05, 0.1) is 0 Å². The van der Waals surface area contributed by atoms with Crippen LogP contribution in [-0.4, -0.2) is 38.0 Å². The third-order valence-electron chi connectivity index (χ3n) is 5.04. The molecule has 1 saturated heterocycles. The van der Waals surface area contributed by atoms with Crippen molar-refractivity contribution >= 4 is 17.0 Å². The van der Waals surface area contributed by atoms with Crippen molar-refractivity contribution in [2.45, 2.75) is 19.3 Å². The summed E-state index contributed by atoms with van der Waals surface area (Å²) in [5, 5.41) is 0. The van der Waals surface area contributed by atoms with Gasteiger partial charge in [0.1, 0.15) is 17.2 Å². The van der Waals surface area contributed by atoms with Crippen LogP contribution in [0.2, 0.25) is 0 Å². The first-order chi connectivity index (χ1) is 13.8. The molecule has 0 spiro atoms. The van der Waals surface area contributed by atoms with Crippen molar-refractivity contribution in [3.05, 3.63) is 54.6 Å². The highest BCUT2D eigenvalue weighted by molar-refractivity contribution is 5.88. The van der Waals surface area contributed by atoms with Crippen LogP contribution in [0.4, 0.5) is 10.2 Å². The molecule has 0 radical (unpaired) electrons. The molecule has 0 amide bonds. The molecular formula is C21H19FN6. The molecule has 0 aliphatic carbocycles. The maximum atomic E-state index is 13.3. The lowest BCUT2D eigenvalue weighted by molar-refractivity contribution is 0.574. The number of imidazole rings is 1. The molecule has 1 fully saturated rings. The van der Waals surface area contributed by atoms with Gasteiger partial charge in [0.15, 0.2) is 17.3 Å². The zero-order chi connectivity index (χ0) is 18.9. The molecule has 1 aliphatic rings. The SMILES string of the molecule is Fc1ccc(-c2nc(N3CCCCC3)c3[nH]c(-c4ccncc4)nc3n2)cc1. The number of anilines is 1. The van der Waals surface area contributed by atoms with Crippen LogP contribution in [0, 0.1) is 5.82 Å². The van der Waals surface area contributed by atoms with E-state index in [2.05, 4.69) is 19.9 Å². The second-order valence-electron chi connectivity index (χ2n) is 6.95. The summed E-state index contributed by atoms with van der Waals surface area (Å²) in [6.45, 7) is 1.91. The van der Waals surface area contributed by atoms with Crippen LogP contribution in [0.5, 0.6) is 0 Å². The Morgan fingerprint density at radius 2 is 1.57 bits per heavy atom. The number of pyridine rings is 1. The van der Waals surface area contributed by atoms with E-state index in [1.54, 1.807) is 24.5 Å². The predicted octanol–water partition coefficient (Wildman–Crippen LogP) is 4.21. The molecule has 7 heteroatoms. The molecule has 4 aromatic rings. The van der Waals surface area contributed by atoms with E-state index in [-0.39, 0.29) is 5.82 Å². The lowest BCUT2D eigenvalue weighted by Gasteiger charge is -2.28. The third-order valence-corrected chi connectivity index (χ3v) is 5.04. The van der Waals surface area contributed by atoms with E-state index < -0.39 is 0 Å². The molecule has 0 saturated carbocycles. The Hall–Kier alpha value is -3.35. The van der Waals surface area contributed by atoms with Crippen LogP contribution < -0.4 is 4.90 Å². The minimum Gasteiger partial charge on any atom is -0.355 e. The van der Waals surface area contributed by atoms with Gasteiger partial charge in [-0.25, -0.2) is 19.3 Å². The molecule has 3 aromatic heterocycles. The predicted molar refractivity (Wildman–Crippen MR) is 106 cm³/mol. The topological polar surface area (TPSA) is 70.6 Å². The molecule has 1 aliphatic heterocycles. The molecule has 0 bridgehead atoms. The van der Waals surface area contributed by atoms with Crippen LogP contribution >= 0.6 is 0 Å². The molecule has 0 unspecified atom stereocenters. The number of piperidine rings is 1. The van der Waals surface area contributed by atoms with Crippen molar-refractivity contribution in [3.63, 3.8) is 0 Å². The van der Waals surface area contributed by atoms with Gasteiger partial charge >= 0.3 is 0 Å². The van der Waals surface area contributed by atoms with Crippen LogP contribution in [0.25, 0.3) is 33.9 Å². The molecule has 6 nitrogen and oxygen atoms in total. The Morgan fingerprint density at radius 3 is 2.32 bits per heavy atom. The van der Waals surface area contributed by atoms with Gasteiger partial charge in [0.25, 0.3) is 0 Å². The number of hydrogen-bond acceptors (Lipinski definition) is 5. The second-order valence-corrected chi connectivity index (χ2v) is 6.95. The lowest BCUT2D eigenvalue weighted by Crippen LogP contribution is -2.30. The summed E-state index contributed by atoms with van der Waals surface area (Å²) in [4.78, 5) is 24.0. The van der Waals surface area contributed by atoms with Gasteiger partial charge in [-0.1, -0.05) is 0 Å². The third kappa shape index (κ3) is 3.09. The quantitative estimate of drug-likeness (QED) is 0.582. The van der Waals surface area contributed by atoms with E-state index in [0.29, 0.717) is 11.5 Å². The van der Waals surface area contributed by atoms with Crippen LogP contribution in [0.15, 0.2) is 48.8 Å². The van der Waals surface area contributed by atoms with Crippen molar-refractivity contribution < 1.29 is 4.39 Å². The summed E-state index contributed by atoms with van der Waals surface area (Å²) in [5.74, 6) is 1.87. The normalized spacial score (nSPS) is 14.5. The molecule has 0 atom stereocenters. The van der Waals surface area contributed by atoms with Gasteiger partial charge in [-0.15, -0.1) is 0 Å². The van der Waals surface area contributed by atoms with Crippen molar-refractivity contribution in [2.75, 3.05) is 18.0 Å². The Kier molecular flexibility index (Phi) is 4.20. The fourth-order valence-corrected chi connectivity index (χ4v) is 3.59. The molecule has 4 heterocycles. The van der Waals surface area contributed by atoms with Gasteiger partial charge in [-0.05, 0) is 55.7 Å². The van der Waals surface area contributed by atoms with E-state index in [4.69, 9.17) is 9.97 Å². The number of benzene rings is 1. The highest BCUT2D eigenvalue weighted by Gasteiger charge is 2.20. The van der Waals surface area contributed by atoms with E-state index in [0.717, 1.165) is 54.2 Å². The Morgan fingerprint density at radius 1 is 0.821 bits per heavy atom. The number of aromatic nitrogens is 5.